The summed E-state index contributed by atoms with van der Waals surface area (Å²) in [6.07, 6.45) is 2.14. The van der Waals surface area contributed by atoms with Gasteiger partial charge in [0.1, 0.15) is 5.54 Å². The molecule has 3 nitrogen and oxygen atoms in total. The van der Waals surface area contributed by atoms with Crippen LogP contribution >= 0.6 is 0 Å². The Labute approximate surface area is 163 Å². The summed E-state index contributed by atoms with van der Waals surface area (Å²) in [5.41, 5.74) is 4.12. The molecule has 136 valence electrons. The number of aryl methyl sites for hydroxylation is 1. The molecule has 0 N–H and O–H groups in total. The van der Waals surface area contributed by atoms with Gasteiger partial charge in [0, 0.05) is 18.1 Å². The average molecular weight is 365 g/mol. The summed E-state index contributed by atoms with van der Waals surface area (Å²) in [5, 5.41) is 0. The van der Waals surface area contributed by atoms with Crippen LogP contribution in [0.1, 0.15) is 33.5 Å². The van der Waals surface area contributed by atoms with Crippen molar-refractivity contribution >= 4 is 23.0 Å². The van der Waals surface area contributed by atoms with Gasteiger partial charge in [-0.2, -0.15) is 0 Å². The lowest BCUT2D eigenvalue weighted by atomic mass is 9.76. The predicted molar refractivity (Wildman–Crippen MR) is 110 cm³/mol. The standard InChI is InChI=1S/C25H19NO2/c1-17-11-13-20(14-12-17)25-16-19(18-7-3-2-4-8-18)15-23(27)26(25)22-10-6-5-9-21(22)24(25)28/h2-15H,16H2,1H3/t25-/m0/s1. The SMILES string of the molecule is Cc1ccc([C@]23CC(c4ccccc4)=CC(=O)N2c2ccccc2C3=O)cc1. The number of para-hydroxylation sites is 1. The maximum absolute atomic E-state index is 13.7. The van der Waals surface area contributed by atoms with Crippen LogP contribution in [0.3, 0.4) is 0 Å². The number of benzene rings is 3. The van der Waals surface area contributed by atoms with Gasteiger partial charge < -0.3 is 0 Å². The van der Waals surface area contributed by atoms with Crippen LogP contribution in [0.2, 0.25) is 0 Å². The second kappa shape index (κ2) is 6.03. The number of carbonyl (C=O) groups excluding carboxylic acids is 2. The molecular formula is C25H19NO2. The summed E-state index contributed by atoms with van der Waals surface area (Å²) in [7, 11) is 0. The number of ketones is 1. The summed E-state index contributed by atoms with van der Waals surface area (Å²) in [4.78, 5) is 28.7. The zero-order valence-corrected chi connectivity index (χ0v) is 15.6. The first kappa shape index (κ1) is 16.7. The Bertz CT molecular complexity index is 1130. The van der Waals surface area contributed by atoms with Crippen molar-refractivity contribution in [2.75, 3.05) is 4.90 Å². The van der Waals surface area contributed by atoms with Crippen LogP contribution in [-0.4, -0.2) is 11.7 Å². The lowest BCUT2D eigenvalue weighted by Crippen LogP contribution is -2.52. The summed E-state index contributed by atoms with van der Waals surface area (Å²) in [6, 6.07) is 25.2. The average Bonchev–Trinajstić information content (AvgIpc) is 2.99. The number of nitrogens with zero attached hydrogens (tertiary/aromatic N) is 1. The van der Waals surface area contributed by atoms with E-state index >= 15 is 0 Å². The van der Waals surface area contributed by atoms with Gasteiger partial charge in [-0.05, 0) is 35.8 Å². The van der Waals surface area contributed by atoms with Gasteiger partial charge in [-0.1, -0.05) is 72.3 Å². The van der Waals surface area contributed by atoms with E-state index in [1.54, 1.807) is 11.0 Å². The van der Waals surface area contributed by atoms with Gasteiger partial charge in [-0.3, -0.25) is 14.5 Å². The number of hydrogen-bond acceptors (Lipinski definition) is 2. The summed E-state index contributed by atoms with van der Waals surface area (Å²) < 4.78 is 0. The van der Waals surface area contributed by atoms with Gasteiger partial charge in [0.15, 0.2) is 5.78 Å². The van der Waals surface area contributed by atoms with E-state index in [4.69, 9.17) is 0 Å². The number of carbonyl (C=O) groups is 2. The van der Waals surface area contributed by atoms with Gasteiger partial charge in [0.2, 0.25) is 0 Å². The minimum atomic E-state index is -1.03. The smallest absolute Gasteiger partial charge is 0.252 e. The maximum Gasteiger partial charge on any atom is 0.252 e. The molecule has 3 aromatic carbocycles. The highest BCUT2D eigenvalue weighted by molar-refractivity contribution is 6.25. The molecule has 0 saturated carbocycles. The third kappa shape index (κ3) is 2.23. The maximum atomic E-state index is 13.7. The Morgan fingerprint density at radius 2 is 1.50 bits per heavy atom. The van der Waals surface area contributed by atoms with Crippen LogP contribution in [0.25, 0.3) is 5.57 Å². The van der Waals surface area contributed by atoms with E-state index in [-0.39, 0.29) is 11.7 Å². The van der Waals surface area contributed by atoms with Crippen LogP contribution in [0, 0.1) is 6.92 Å². The van der Waals surface area contributed by atoms with Gasteiger partial charge in [0.05, 0.1) is 5.69 Å². The summed E-state index contributed by atoms with van der Waals surface area (Å²) in [5.74, 6) is -0.161. The van der Waals surface area contributed by atoms with Crippen LogP contribution in [0.4, 0.5) is 5.69 Å². The third-order valence-corrected chi connectivity index (χ3v) is 5.79. The molecular weight excluding hydrogens is 346 g/mol. The molecule has 3 heteroatoms. The fraction of sp³-hybridized carbons (Fsp3) is 0.120. The first-order chi connectivity index (χ1) is 13.6. The molecule has 2 aliphatic rings. The van der Waals surface area contributed by atoms with E-state index in [2.05, 4.69) is 0 Å². The Hall–Kier alpha value is -3.46. The lowest BCUT2D eigenvalue weighted by Gasteiger charge is -2.41. The van der Waals surface area contributed by atoms with Crippen molar-refractivity contribution in [1.82, 2.24) is 0 Å². The number of fused-ring (bicyclic) bond motifs is 3. The van der Waals surface area contributed by atoms with E-state index in [9.17, 15) is 9.59 Å². The minimum Gasteiger partial charge on any atom is -0.291 e. The molecule has 0 aromatic heterocycles. The van der Waals surface area contributed by atoms with Crippen LogP contribution in [0.5, 0.6) is 0 Å². The summed E-state index contributed by atoms with van der Waals surface area (Å²) >= 11 is 0. The molecule has 5 rings (SSSR count). The van der Waals surface area contributed by atoms with E-state index in [1.165, 1.54) is 0 Å². The molecule has 2 aliphatic heterocycles. The van der Waals surface area contributed by atoms with Crippen LogP contribution in [-0.2, 0) is 10.3 Å². The topological polar surface area (TPSA) is 37.4 Å². The van der Waals surface area contributed by atoms with Crippen molar-refractivity contribution in [3.05, 3.63) is 107 Å². The molecule has 0 spiro atoms. The Morgan fingerprint density at radius 1 is 0.821 bits per heavy atom. The molecule has 0 saturated heterocycles. The molecule has 1 atom stereocenters. The molecule has 0 radical (unpaired) electrons. The fourth-order valence-corrected chi connectivity index (χ4v) is 4.43. The highest BCUT2D eigenvalue weighted by atomic mass is 16.2. The molecule has 0 aliphatic carbocycles. The molecule has 0 unspecified atom stereocenters. The van der Waals surface area contributed by atoms with Crippen molar-refractivity contribution in [3.63, 3.8) is 0 Å². The van der Waals surface area contributed by atoms with Crippen LogP contribution in [0.15, 0.2) is 84.9 Å². The first-order valence-electron chi connectivity index (χ1n) is 9.42. The number of rotatable bonds is 2. The van der Waals surface area contributed by atoms with E-state index in [0.29, 0.717) is 17.7 Å². The highest BCUT2D eigenvalue weighted by Crippen LogP contribution is 2.51. The number of hydrogen-bond donors (Lipinski definition) is 0. The lowest BCUT2D eigenvalue weighted by molar-refractivity contribution is -0.115. The quantitative estimate of drug-likeness (QED) is 0.647. The van der Waals surface area contributed by atoms with Gasteiger partial charge >= 0.3 is 0 Å². The molecule has 2 heterocycles. The zero-order valence-electron chi connectivity index (χ0n) is 15.6. The van der Waals surface area contributed by atoms with Gasteiger partial charge in [-0.15, -0.1) is 0 Å². The molecule has 1 amide bonds. The molecule has 3 aromatic rings. The van der Waals surface area contributed by atoms with E-state index in [1.807, 2.05) is 85.8 Å². The predicted octanol–water partition coefficient (Wildman–Crippen LogP) is 4.91. The second-order valence-electron chi connectivity index (χ2n) is 7.46. The van der Waals surface area contributed by atoms with Crippen molar-refractivity contribution in [1.29, 1.82) is 0 Å². The largest absolute Gasteiger partial charge is 0.291 e. The van der Waals surface area contributed by atoms with E-state index < -0.39 is 5.54 Å². The summed E-state index contributed by atoms with van der Waals surface area (Å²) in [6.45, 7) is 2.02. The Kier molecular flexibility index (Phi) is 3.59. The highest BCUT2D eigenvalue weighted by Gasteiger charge is 2.56. The Morgan fingerprint density at radius 3 is 2.25 bits per heavy atom. The van der Waals surface area contributed by atoms with Crippen molar-refractivity contribution in [2.45, 2.75) is 18.9 Å². The first-order valence-corrected chi connectivity index (χ1v) is 9.42. The Balaban J connectivity index is 1.76. The van der Waals surface area contributed by atoms with Crippen molar-refractivity contribution in [2.24, 2.45) is 0 Å². The monoisotopic (exact) mass is 365 g/mol. The fourth-order valence-electron chi connectivity index (χ4n) is 4.43. The minimum absolute atomic E-state index is 0.0122. The van der Waals surface area contributed by atoms with Crippen molar-refractivity contribution < 1.29 is 9.59 Å². The third-order valence-electron chi connectivity index (χ3n) is 5.79. The normalized spacial score (nSPS) is 20.6. The zero-order chi connectivity index (χ0) is 19.3. The van der Waals surface area contributed by atoms with Gasteiger partial charge in [-0.25, -0.2) is 0 Å². The van der Waals surface area contributed by atoms with Gasteiger partial charge in [0.25, 0.3) is 5.91 Å². The number of anilines is 1. The van der Waals surface area contributed by atoms with Crippen LogP contribution < -0.4 is 4.90 Å². The molecule has 0 fully saturated rings. The second-order valence-corrected chi connectivity index (χ2v) is 7.46. The van der Waals surface area contributed by atoms with E-state index in [0.717, 1.165) is 22.3 Å². The molecule has 28 heavy (non-hydrogen) atoms. The molecule has 0 bridgehead atoms. The van der Waals surface area contributed by atoms with Crippen molar-refractivity contribution in [3.8, 4) is 0 Å². The number of Topliss-reactive ketones (excluding diaryl/α,β-unsaturated/α-hetero) is 1. The number of amides is 1.